The first-order valence-electron chi connectivity index (χ1n) is 8.27. The predicted molar refractivity (Wildman–Crippen MR) is 95.9 cm³/mol. The molecule has 0 aliphatic carbocycles. The number of hydrogen-bond donors (Lipinski definition) is 1. The van der Waals surface area contributed by atoms with Crippen molar-refractivity contribution in [2.75, 3.05) is 6.61 Å². The Hall–Kier alpha value is -2.72. The van der Waals surface area contributed by atoms with E-state index in [0.717, 1.165) is 16.7 Å². The van der Waals surface area contributed by atoms with Gasteiger partial charge < -0.3 is 9.84 Å². The van der Waals surface area contributed by atoms with Crippen LogP contribution in [-0.4, -0.2) is 22.8 Å². The standard InChI is InChI=1S/C21H20FNO2/c22-20-13-18(17-6-2-1-3-7-17)9-11-21(20)25-15-19(24)10-8-16-5-4-12-23-14-16/h1-7,9,11-14,19,24H,8,10,15H2. The Morgan fingerprint density at radius 1 is 1.00 bits per heavy atom. The Morgan fingerprint density at radius 3 is 2.56 bits per heavy atom. The minimum atomic E-state index is -0.659. The van der Waals surface area contributed by atoms with Crippen LogP contribution >= 0.6 is 0 Å². The Kier molecular flexibility index (Phi) is 5.75. The van der Waals surface area contributed by atoms with Gasteiger partial charge in [0.15, 0.2) is 11.6 Å². The molecule has 0 spiro atoms. The smallest absolute Gasteiger partial charge is 0.165 e. The molecule has 1 unspecified atom stereocenters. The summed E-state index contributed by atoms with van der Waals surface area (Å²) in [5.74, 6) is -0.277. The highest BCUT2D eigenvalue weighted by Gasteiger charge is 2.10. The van der Waals surface area contributed by atoms with Crippen molar-refractivity contribution in [2.24, 2.45) is 0 Å². The summed E-state index contributed by atoms with van der Waals surface area (Å²) in [4.78, 5) is 4.04. The normalized spacial score (nSPS) is 11.9. The number of nitrogens with zero attached hydrogens (tertiary/aromatic N) is 1. The molecule has 3 rings (SSSR count). The molecule has 0 amide bonds. The predicted octanol–water partition coefficient (Wildman–Crippen LogP) is 4.26. The lowest BCUT2D eigenvalue weighted by Gasteiger charge is -2.13. The second-order valence-corrected chi connectivity index (χ2v) is 5.88. The van der Waals surface area contributed by atoms with Crippen molar-refractivity contribution in [1.82, 2.24) is 4.98 Å². The molecule has 0 radical (unpaired) electrons. The van der Waals surface area contributed by atoms with E-state index in [1.165, 1.54) is 6.07 Å². The van der Waals surface area contributed by atoms with Crippen LogP contribution in [0.2, 0.25) is 0 Å². The first-order valence-corrected chi connectivity index (χ1v) is 8.27. The number of aliphatic hydroxyl groups excluding tert-OH is 1. The first-order chi connectivity index (χ1) is 12.2. The zero-order valence-electron chi connectivity index (χ0n) is 13.8. The Balaban J connectivity index is 1.54. The molecule has 1 aromatic heterocycles. The number of hydrogen-bond acceptors (Lipinski definition) is 3. The van der Waals surface area contributed by atoms with Crippen molar-refractivity contribution in [3.63, 3.8) is 0 Å². The lowest BCUT2D eigenvalue weighted by atomic mass is 10.1. The molecule has 1 atom stereocenters. The molecule has 0 fully saturated rings. The van der Waals surface area contributed by atoms with Crippen LogP contribution in [0.4, 0.5) is 4.39 Å². The number of halogens is 1. The van der Waals surface area contributed by atoms with E-state index >= 15 is 0 Å². The van der Waals surface area contributed by atoms with Gasteiger partial charge in [-0.3, -0.25) is 4.98 Å². The number of ether oxygens (including phenoxy) is 1. The van der Waals surface area contributed by atoms with Crippen LogP contribution in [-0.2, 0) is 6.42 Å². The van der Waals surface area contributed by atoms with Crippen LogP contribution in [0.3, 0.4) is 0 Å². The summed E-state index contributed by atoms with van der Waals surface area (Å²) in [7, 11) is 0. The van der Waals surface area contributed by atoms with Gasteiger partial charge in [-0.05, 0) is 47.7 Å². The van der Waals surface area contributed by atoms with E-state index in [1.54, 1.807) is 18.5 Å². The number of aromatic nitrogens is 1. The molecule has 25 heavy (non-hydrogen) atoms. The summed E-state index contributed by atoms with van der Waals surface area (Å²) >= 11 is 0. The number of pyridine rings is 1. The van der Waals surface area contributed by atoms with Gasteiger partial charge >= 0.3 is 0 Å². The molecular formula is C21H20FNO2. The van der Waals surface area contributed by atoms with E-state index in [9.17, 15) is 9.50 Å². The molecule has 1 heterocycles. The zero-order chi connectivity index (χ0) is 17.5. The van der Waals surface area contributed by atoms with Gasteiger partial charge in [-0.2, -0.15) is 0 Å². The number of aryl methyl sites for hydroxylation is 1. The Labute approximate surface area is 146 Å². The molecule has 0 saturated heterocycles. The summed E-state index contributed by atoms with van der Waals surface area (Å²) in [5, 5.41) is 10.0. The maximum atomic E-state index is 14.2. The maximum absolute atomic E-state index is 14.2. The molecule has 3 aromatic rings. The van der Waals surface area contributed by atoms with Crippen molar-refractivity contribution in [1.29, 1.82) is 0 Å². The topological polar surface area (TPSA) is 42.4 Å². The first kappa shape index (κ1) is 17.1. The second-order valence-electron chi connectivity index (χ2n) is 5.88. The van der Waals surface area contributed by atoms with Gasteiger partial charge in [0.1, 0.15) is 6.61 Å². The molecule has 4 heteroatoms. The van der Waals surface area contributed by atoms with Gasteiger partial charge in [-0.1, -0.05) is 42.5 Å². The van der Waals surface area contributed by atoms with Crippen LogP contribution in [0.25, 0.3) is 11.1 Å². The number of benzene rings is 2. The summed E-state index contributed by atoms with van der Waals surface area (Å²) in [5.41, 5.74) is 2.80. The molecular weight excluding hydrogens is 317 g/mol. The van der Waals surface area contributed by atoms with Crippen molar-refractivity contribution in [3.8, 4) is 16.9 Å². The average molecular weight is 337 g/mol. The van der Waals surface area contributed by atoms with E-state index in [1.807, 2.05) is 48.5 Å². The summed E-state index contributed by atoms with van der Waals surface area (Å²) in [6.45, 7) is 0.0574. The minimum Gasteiger partial charge on any atom is -0.488 e. The SMILES string of the molecule is OC(CCc1cccnc1)COc1ccc(-c2ccccc2)cc1F. The zero-order valence-corrected chi connectivity index (χ0v) is 13.8. The van der Waals surface area contributed by atoms with Gasteiger partial charge in [0.05, 0.1) is 6.10 Å². The molecule has 3 nitrogen and oxygen atoms in total. The van der Waals surface area contributed by atoms with E-state index in [4.69, 9.17) is 4.74 Å². The molecule has 128 valence electrons. The van der Waals surface area contributed by atoms with Gasteiger partial charge in [-0.25, -0.2) is 4.39 Å². The van der Waals surface area contributed by atoms with Crippen LogP contribution in [0.1, 0.15) is 12.0 Å². The highest BCUT2D eigenvalue weighted by Crippen LogP contribution is 2.25. The second kappa shape index (κ2) is 8.40. The van der Waals surface area contributed by atoms with E-state index < -0.39 is 11.9 Å². The van der Waals surface area contributed by atoms with Crippen LogP contribution < -0.4 is 4.74 Å². The lowest BCUT2D eigenvalue weighted by molar-refractivity contribution is 0.0981. The number of rotatable bonds is 7. The average Bonchev–Trinajstić information content (AvgIpc) is 2.67. The van der Waals surface area contributed by atoms with Crippen molar-refractivity contribution in [3.05, 3.63) is 84.4 Å². The molecule has 0 aliphatic rings. The third-order valence-corrected chi connectivity index (χ3v) is 3.96. The van der Waals surface area contributed by atoms with Gasteiger partial charge in [0.2, 0.25) is 0 Å². The maximum Gasteiger partial charge on any atom is 0.165 e. The third kappa shape index (κ3) is 4.88. The molecule has 1 N–H and O–H groups in total. The summed E-state index contributed by atoms with van der Waals surface area (Å²) in [6.07, 6.45) is 4.07. The van der Waals surface area contributed by atoms with Crippen LogP contribution in [0.5, 0.6) is 5.75 Å². The van der Waals surface area contributed by atoms with E-state index in [-0.39, 0.29) is 12.4 Å². The van der Waals surface area contributed by atoms with E-state index in [0.29, 0.717) is 12.8 Å². The highest BCUT2D eigenvalue weighted by molar-refractivity contribution is 5.64. The lowest BCUT2D eigenvalue weighted by Crippen LogP contribution is -2.18. The molecule has 0 saturated carbocycles. The van der Waals surface area contributed by atoms with E-state index in [2.05, 4.69) is 4.98 Å². The van der Waals surface area contributed by atoms with Crippen LogP contribution in [0, 0.1) is 5.82 Å². The Morgan fingerprint density at radius 2 is 1.84 bits per heavy atom. The molecule has 0 bridgehead atoms. The van der Waals surface area contributed by atoms with Crippen LogP contribution in [0.15, 0.2) is 73.1 Å². The summed E-state index contributed by atoms with van der Waals surface area (Å²) in [6, 6.07) is 18.3. The van der Waals surface area contributed by atoms with Gasteiger partial charge in [0, 0.05) is 12.4 Å². The van der Waals surface area contributed by atoms with Gasteiger partial charge in [0.25, 0.3) is 0 Å². The fourth-order valence-corrected chi connectivity index (χ4v) is 2.58. The minimum absolute atomic E-state index is 0.0574. The number of aliphatic hydroxyl groups is 1. The third-order valence-electron chi connectivity index (χ3n) is 3.96. The largest absolute Gasteiger partial charge is 0.488 e. The fraction of sp³-hybridized carbons (Fsp3) is 0.190. The quantitative estimate of drug-likeness (QED) is 0.700. The Bertz CT molecular complexity index is 794. The van der Waals surface area contributed by atoms with Crippen molar-refractivity contribution < 1.29 is 14.2 Å². The van der Waals surface area contributed by atoms with Gasteiger partial charge in [-0.15, -0.1) is 0 Å². The monoisotopic (exact) mass is 337 g/mol. The molecule has 0 aliphatic heterocycles. The van der Waals surface area contributed by atoms with Crippen molar-refractivity contribution in [2.45, 2.75) is 18.9 Å². The summed E-state index contributed by atoms with van der Waals surface area (Å²) < 4.78 is 19.7. The molecule has 2 aromatic carbocycles. The van der Waals surface area contributed by atoms with Crippen molar-refractivity contribution >= 4 is 0 Å². The highest BCUT2D eigenvalue weighted by atomic mass is 19.1. The fourth-order valence-electron chi connectivity index (χ4n) is 2.58.